The van der Waals surface area contributed by atoms with E-state index in [1.807, 2.05) is 0 Å². The quantitative estimate of drug-likeness (QED) is 0.920. The van der Waals surface area contributed by atoms with E-state index in [1.165, 1.54) is 0 Å². The molecule has 0 aromatic carbocycles. The van der Waals surface area contributed by atoms with E-state index in [4.69, 9.17) is 9.52 Å². The van der Waals surface area contributed by atoms with Crippen LogP contribution in [0.25, 0.3) is 0 Å². The Bertz CT molecular complexity index is 458. The van der Waals surface area contributed by atoms with Crippen LogP contribution in [-0.2, 0) is 0 Å². The summed E-state index contributed by atoms with van der Waals surface area (Å²) in [5, 5.41) is 8.71. The van der Waals surface area contributed by atoms with Crippen molar-refractivity contribution in [2.24, 2.45) is 5.92 Å². The normalized spacial score (nSPS) is 20.6. The van der Waals surface area contributed by atoms with E-state index >= 15 is 0 Å². The second-order valence-corrected chi connectivity index (χ2v) is 4.59. The first-order valence-electron chi connectivity index (χ1n) is 5.85. The van der Waals surface area contributed by atoms with Crippen molar-refractivity contribution in [1.29, 1.82) is 0 Å². The van der Waals surface area contributed by atoms with E-state index in [2.05, 4.69) is 4.98 Å². The molecular weight excluding hydrogens is 265 g/mol. The van der Waals surface area contributed by atoms with Crippen molar-refractivity contribution >= 4 is 12.0 Å². The van der Waals surface area contributed by atoms with Crippen molar-refractivity contribution in [1.82, 2.24) is 4.98 Å². The summed E-state index contributed by atoms with van der Waals surface area (Å²) in [6.07, 6.45) is -2.93. The minimum atomic E-state index is -4.18. The molecule has 2 heterocycles. The molecule has 0 spiro atoms. The number of aromatic carboxylic acids is 1. The molecule has 106 valence electrons. The highest BCUT2D eigenvalue weighted by atomic mass is 19.4. The molecule has 0 radical (unpaired) electrons. The van der Waals surface area contributed by atoms with Gasteiger partial charge in [-0.2, -0.15) is 18.2 Å². The summed E-state index contributed by atoms with van der Waals surface area (Å²) in [5.74, 6) is -1.73. The molecule has 1 saturated heterocycles. The Morgan fingerprint density at radius 1 is 1.58 bits per heavy atom. The van der Waals surface area contributed by atoms with E-state index in [0.717, 1.165) is 6.26 Å². The van der Waals surface area contributed by atoms with Gasteiger partial charge in [-0.15, -0.1) is 0 Å². The number of oxazole rings is 1. The number of carboxylic acid groups (broad SMARTS) is 1. The van der Waals surface area contributed by atoms with Crippen LogP contribution in [0.4, 0.5) is 19.2 Å². The van der Waals surface area contributed by atoms with Crippen LogP contribution in [0, 0.1) is 5.92 Å². The van der Waals surface area contributed by atoms with Crippen molar-refractivity contribution in [3.8, 4) is 0 Å². The van der Waals surface area contributed by atoms with Gasteiger partial charge in [0.25, 0.3) is 6.01 Å². The van der Waals surface area contributed by atoms with Gasteiger partial charge in [-0.05, 0) is 18.8 Å². The number of anilines is 1. The number of hydrogen-bond donors (Lipinski definition) is 1. The monoisotopic (exact) mass is 278 g/mol. The fraction of sp³-hybridized carbons (Fsp3) is 0.636. The molecule has 8 heteroatoms. The Kier molecular flexibility index (Phi) is 3.68. The van der Waals surface area contributed by atoms with Gasteiger partial charge in [-0.1, -0.05) is 0 Å². The highest BCUT2D eigenvalue weighted by molar-refractivity contribution is 5.85. The second-order valence-electron chi connectivity index (χ2n) is 4.59. The summed E-state index contributed by atoms with van der Waals surface area (Å²) in [6, 6.07) is 0.0734. The first kappa shape index (κ1) is 13.7. The Labute approximate surface area is 107 Å². The van der Waals surface area contributed by atoms with Gasteiger partial charge in [0.1, 0.15) is 6.26 Å². The molecule has 1 fully saturated rings. The first-order chi connectivity index (χ1) is 8.85. The minimum absolute atomic E-state index is 0.0734. The SMILES string of the molecule is O=C(O)c1coc(N2CCCC(CC(F)(F)F)C2)n1. The Morgan fingerprint density at radius 2 is 2.32 bits per heavy atom. The summed E-state index contributed by atoms with van der Waals surface area (Å²) in [7, 11) is 0. The van der Waals surface area contributed by atoms with Crippen LogP contribution >= 0.6 is 0 Å². The highest BCUT2D eigenvalue weighted by Crippen LogP contribution is 2.31. The van der Waals surface area contributed by atoms with Crippen LogP contribution in [0.1, 0.15) is 29.8 Å². The summed E-state index contributed by atoms with van der Waals surface area (Å²) >= 11 is 0. The first-order valence-corrected chi connectivity index (χ1v) is 5.85. The van der Waals surface area contributed by atoms with Crippen molar-refractivity contribution in [2.75, 3.05) is 18.0 Å². The van der Waals surface area contributed by atoms with E-state index in [9.17, 15) is 18.0 Å². The smallest absolute Gasteiger partial charge is 0.389 e. The van der Waals surface area contributed by atoms with Crippen molar-refractivity contribution in [3.63, 3.8) is 0 Å². The minimum Gasteiger partial charge on any atom is -0.476 e. The molecule has 1 aromatic rings. The zero-order valence-electron chi connectivity index (χ0n) is 9.98. The number of alkyl halides is 3. The zero-order chi connectivity index (χ0) is 14.0. The summed E-state index contributed by atoms with van der Waals surface area (Å²) in [5.41, 5.74) is -0.243. The Balaban J connectivity index is 2.02. The molecule has 0 amide bonds. The number of carbonyl (C=O) groups is 1. The van der Waals surface area contributed by atoms with Gasteiger partial charge >= 0.3 is 12.1 Å². The Morgan fingerprint density at radius 3 is 2.89 bits per heavy atom. The lowest BCUT2D eigenvalue weighted by Crippen LogP contribution is -2.37. The van der Waals surface area contributed by atoms with Gasteiger partial charge in [-0.3, -0.25) is 0 Å². The predicted octanol–water partition coefficient (Wildman–Crippen LogP) is 2.54. The molecule has 0 aliphatic carbocycles. The largest absolute Gasteiger partial charge is 0.476 e. The van der Waals surface area contributed by atoms with E-state index < -0.39 is 24.5 Å². The number of carboxylic acids is 1. The fourth-order valence-corrected chi connectivity index (χ4v) is 2.24. The van der Waals surface area contributed by atoms with E-state index in [0.29, 0.717) is 19.4 Å². The molecule has 5 nitrogen and oxygen atoms in total. The maximum absolute atomic E-state index is 12.3. The maximum Gasteiger partial charge on any atom is 0.389 e. The van der Waals surface area contributed by atoms with Crippen LogP contribution in [0.2, 0.25) is 0 Å². The lowest BCUT2D eigenvalue weighted by Gasteiger charge is -2.31. The molecule has 1 aromatic heterocycles. The van der Waals surface area contributed by atoms with Gasteiger partial charge in [-0.25, -0.2) is 4.79 Å². The molecule has 2 rings (SSSR count). The van der Waals surface area contributed by atoms with Gasteiger partial charge < -0.3 is 14.4 Å². The molecule has 19 heavy (non-hydrogen) atoms. The number of hydrogen-bond acceptors (Lipinski definition) is 4. The lowest BCUT2D eigenvalue weighted by molar-refractivity contribution is -0.145. The molecule has 1 aliphatic heterocycles. The third-order valence-corrected chi connectivity index (χ3v) is 3.02. The number of aromatic nitrogens is 1. The van der Waals surface area contributed by atoms with Gasteiger partial charge in [0, 0.05) is 19.5 Å². The molecule has 1 aliphatic rings. The predicted molar refractivity (Wildman–Crippen MR) is 59.1 cm³/mol. The third-order valence-electron chi connectivity index (χ3n) is 3.02. The van der Waals surface area contributed by atoms with Crippen LogP contribution in [-0.4, -0.2) is 35.3 Å². The molecule has 1 atom stereocenters. The van der Waals surface area contributed by atoms with Crippen LogP contribution in [0.5, 0.6) is 0 Å². The average molecular weight is 278 g/mol. The fourth-order valence-electron chi connectivity index (χ4n) is 2.24. The van der Waals surface area contributed by atoms with Crippen LogP contribution in [0.3, 0.4) is 0 Å². The number of rotatable bonds is 3. The van der Waals surface area contributed by atoms with E-state index in [-0.39, 0.29) is 18.3 Å². The highest BCUT2D eigenvalue weighted by Gasteiger charge is 2.34. The Hall–Kier alpha value is -1.73. The average Bonchev–Trinajstić information content (AvgIpc) is 2.76. The van der Waals surface area contributed by atoms with Gasteiger partial charge in [0.05, 0.1) is 0 Å². The van der Waals surface area contributed by atoms with Crippen molar-refractivity contribution in [3.05, 3.63) is 12.0 Å². The number of halogens is 3. The number of nitrogens with zero attached hydrogens (tertiary/aromatic N) is 2. The van der Waals surface area contributed by atoms with E-state index in [1.54, 1.807) is 4.90 Å². The topological polar surface area (TPSA) is 66.6 Å². The molecular formula is C11H13F3N2O3. The summed E-state index contributed by atoms with van der Waals surface area (Å²) in [4.78, 5) is 16.0. The van der Waals surface area contributed by atoms with Crippen molar-refractivity contribution < 1.29 is 27.5 Å². The number of piperidine rings is 1. The molecule has 0 saturated carbocycles. The molecule has 1 N–H and O–H groups in total. The lowest BCUT2D eigenvalue weighted by atomic mass is 9.95. The van der Waals surface area contributed by atoms with Crippen molar-refractivity contribution in [2.45, 2.75) is 25.4 Å². The van der Waals surface area contributed by atoms with Gasteiger partial charge in [0.15, 0.2) is 5.69 Å². The molecule has 0 bridgehead atoms. The summed E-state index contributed by atoms with van der Waals surface area (Å²) in [6.45, 7) is 0.701. The maximum atomic E-state index is 12.3. The molecule has 1 unspecified atom stereocenters. The summed E-state index contributed by atoms with van der Waals surface area (Å²) < 4.78 is 42.0. The zero-order valence-corrected chi connectivity index (χ0v) is 9.98. The van der Waals surface area contributed by atoms with Crippen LogP contribution in [0.15, 0.2) is 10.7 Å². The second kappa shape index (κ2) is 5.10. The van der Waals surface area contributed by atoms with Gasteiger partial charge in [0.2, 0.25) is 0 Å². The van der Waals surface area contributed by atoms with Crippen LogP contribution < -0.4 is 4.90 Å². The standard InChI is InChI=1S/C11H13F3N2O3/c12-11(13,14)4-7-2-1-3-16(5-7)10-15-8(6-19-10)9(17)18/h6-7H,1-5H2,(H,17,18). The third kappa shape index (κ3) is 3.62.